The minimum atomic E-state index is -0.248. The maximum atomic E-state index is 3.78. The van der Waals surface area contributed by atoms with Crippen LogP contribution in [0.25, 0.3) is 0 Å². The predicted molar refractivity (Wildman–Crippen MR) is 235 cm³/mol. The maximum absolute atomic E-state index is 3.78. The Morgan fingerprint density at radius 2 is 0.980 bits per heavy atom. The van der Waals surface area contributed by atoms with Crippen molar-refractivity contribution < 1.29 is 0 Å². The molecule has 0 heterocycles. The van der Waals surface area contributed by atoms with E-state index in [2.05, 4.69) is 133 Å². The molecular formula is C51H86. The third kappa shape index (κ3) is 25.4. The summed E-state index contributed by atoms with van der Waals surface area (Å²) in [5.74, 6) is 7.72. The van der Waals surface area contributed by atoms with Crippen molar-refractivity contribution in [3.63, 3.8) is 0 Å². The van der Waals surface area contributed by atoms with Gasteiger partial charge in [-0.25, -0.2) is 0 Å². The van der Waals surface area contributed by atoms with Gasteiger partial charge in [-0.2, -0.15) is 0 Å². The van der Waals surface area contributed by atoms with Crippen molar-refractivity contribution in [2.24, 2.45) is 11.3 Å². The van der Waals surface area contributed by atoms with Crippen LogP contribution in [0.15, 0.2) is 84.1 Å². The summed E-state index contributed by atoms with van der Waals surface area (Å²) >= 11 is 0. The van der Waals surface area contributed by atoms with Gasteiger partial charge in [-0.05, 0) is 81.8 Å². The van der Waals surface area contributed by atoms with Crippen molar-refractivity contribution in [3.8, 4) is 11.8 Å². The lowest BCUT2D eigenvalue weighted by atomic mass is 9.65. The van der Waals surface area contributed by atoms with Gasteiger partial charge in [0.05, 0.1) is 0 Å². The fourth-order valence-electron chi connectivity index (χ4n) is 6.71. The van der Waals surface area contributed by atoms with Crippen molar-refractivity contribution in [1.82, 2.24) is 0 Å². The lowest BCUT2D eigenvalue weighted by Gasteiger charge is -2.38. The highest BCUT2D eigenvalue weighted by Crippen LogP contribution is 2.46. The van der Waals surface area contributed by atoms with E-state index in [9.17, 15) is 0 Å². The molecule has 0 aromatic heterocycles. The molecule has 0 saturated carbocycles. The monoisotopic (exact) mass is 699 g/mol. The highest BCUT2D eigenvalue weighted by molar-refractivity contribution is 5.54. The molecule has 2 unspecified atom stereocenters. The Labute approximate surface area is 321 Å². The number of unbranched alkanes of at least 4 members (excludes halogenated alkanes) is 18. The first kappa shape index (κ1) is 48.7. The molecule has 0 bridgehead atoms. The third-order valence-corrected chi connectivity index (χ3v) is 9.96. The summed E-state index contributed by atoms with van der Waals surface area (Å²) in [6.45, 7) is 16.1. The molecule has 0 amide bonds. The molecule has 0 rings (SSSR count). The van der Waals surface area contributed by atoms with Gasteiger partial charge in [-0.1, -0.05) is 230 Å². The lowest BCUT2D eigenvalue weighted by Crippen LogP contribution is -2.29. The van der Waals surface area contributed by atoms with Crippen LogP contribution in [-0.4, -0.2) is 0 Å². The van der Waals surface area contributed by atoms with Crippen LogP contribution < -0.4 is 0 Å². The molecular weight excluding hydrogens is 613 g/mol. The summed E-state index contributed by atoms with van der Waals surface area (Å²) in [7, 11) is 0. The van der Waals surface area contributed by atoms with E-state index in [1.165, 1.54) is 133 Å². The SMILES string of the molecule is CCC=CC(CCCCCC)C(C=CCCC)(C=CCCCC)C(C=CCCCCC)=C(C#CC=CCCCCCCC)C=CCCCCCC. The first-order chi connectivity index (χ1) is 25.1. The van der Waals surface area contributed by atoms with E-state index in [1.54, 1.807) is 0 Å². The Bertz CT molecular complexity index is 1040. The fourth-order valence-corrected chi connectivity index (χ4v) is 6.71. The molecule has 0 aliphatic heterocycles. The first-order valence-electron chi connectivity index (χ1n) is 22.4. The van der Waals surface area contributed by atoms with Crippen molar-refractivity contribution in [3.05, 3.63) is 84.1 Å². The highest BCUT2D eigenvalue weighted by atomic mass is 14.4. The smallest absolute Gasteiger partial charge is 0.0387 e. The Hall–Kier alpha value is -2.26. The molecule has 0 fully saturated rings. The van der Waals surface area contributed by atoms with Gasteiger partial charge in [-0.3, -0.25) is 0 Å². The number of allylic oxidation sites excluding steroid dienone is 14. The van der Waals surface area contributed by atoms with Crippen LogP contribution in [0, 0.1) is 23.2 Å². The fraction of sp³-hybridized carbons (Fsp3) is 0.686. The quantitative estimate of drug-likeness (QED) is 0.0277. The molecule has 0 N–H and O–H groups in total. The Morgan fingerprint density at radius 3 is 1.61 bits per heavy atom. The molecule has 0 spiro atoms. The van der Waals surface area contributed by atoms with Gasteiger partial charge in [0.25, 0.3) is 0 Å². The largest absolute Gasteiger partial charge is 0.0885 e. The summed E-state index contributed by atoms with van der Waals surface area (Å²) in [6.07, 6.45) is 61.7. The van der Waals surface area contributed by atoms with Crippen LogP contribution in [0.1, 0.15) is 215 Å². The average Bonchev–Trinajstić information content (AvgIpc) is 3.14. The van der Waals surface area contributed by atoms with Crippen molar-refractivity contribution >= 4 is 0 Å². The highest BCUT2D eigenvalue weighted by Gasteiger charge is 2.36. The molecule has 0 heteroatoms. The van der Waals surface area contributed by atoms with E-state index in [0.29, 0.717) is 5.92 Å². The summed E-state index contributed by atoms with van der Waals surface area (Å²) in [5.41, 5.74) is 2.35. The molecule has 0 radical (unpaired) electrons. The van der Waals surface area contributed by atoms with Crippen LogP contribution in [0.3, 0.4) is 0 Å². The summed E-state index contributed by atoms with van der Waals surface area (Å²) in [6, 6.07) is 0. The molecule has 0 aromatic rings. The zero-order chi connectivity index (χ0) is 37.5. The summed E-state index contributed by atoms with van der Waals surface area (Å²) in [5, 5.41) is 0. The van der Waals surface area contributed by atoms with E-state index in [1.807, 2.05) is 0 Å². The molecule has 0 aliphatic carbocycles. The van der Waals surface area contributed by atoms with Gasteiger partial charge in [0.2, 0.25) is 0 Å². The normalized spacial score (nSPS) is 14.8. The average molecular weight is 699 g/mol. The van der Waals surface area contributed by atoms with Crippen molar-refractivity contribution in [2.75, 3.05) is 0 Å². The Kier molecular flexibility index (Phi) is 35.8. The van der Waals surface area contributed by atoms with Crippen LogP contribution in [0.2, 0.25) is 0 Å². The second kappa shape index (κ2) is 37.5. The van der Waals surface area contributed by atoms with Crippen molar-refractivity contribution in [2.45, 2.75) is 215 Å². The van der Waals surface area contributed by atoms with E-state index in [-0.39, 0.29) is 5.41 Å². The van der Waals surface area contributed by atoms with Gasteiger partial charge in [-0.15, -0.1) is 0 Å². The van der Waals surface area contributed by atoms with Crippen LogP contribution in [0.4, 0.5) is 0 Å². The zero-order valence-corrected chi connectivity index (χ0v) is 35.4. The lowest BCUT2D eigenvalue weighted by molar-refractivity contribution is 0.380. The van der Waals surface area contributed by atoms with E-state index in [0.717, 1.165) is 44.9 Å². The van der Waals surface area contributed by atoms with Gasteiger partial charge in [0, 0.05) is 11.0 Å². The van der Waals surface area contributed by atoms with Crippen LogP contribution in [-0.2, 0) is 0 Å². The zero-order valence-electron chi connectivity index (χ0n) is 35.4. The molecule has 0 aromatic carbocycles. The molecule has 0 nitrogen and oxygen atoms in total. The van der Waals surface area contributed by atoms with E-state index >= 15 is 0 Å². The maximum Gasteiger partial charge on any atom is 0.0387 e. The number of hydrogen-bond acceptors (Lipinski definition) is 0. The Morgan fingerprint density at radius 1 is 0.471 bits per heavy atom. The third-order valence-electron chi connectivity index (χ3n) is 9.96. The minimum absolute atomic E-state index is 0.248. The second-order valence-electron chi connectivity index (χ2n) is 14.8. The number of hydrogen-bond donors (Lipinski definition) is 0. The molecule has 2 atom stereocenters. The van der Waals surface area contributed by atoms with Crippen LogP contribution >= 0.6 is 0 Å². The van der Waals surface area contributed by atoms with E-state index < -0.39 is 0 Å². The summed E-state index contributed by atoms with van der Waals surface area (Å²) < 4.78 is 0. The van der Waals surface area contributed by atoms with Gasteiger partial charge >= 0.3 is 0 Å². The Balaban J connectivity index is 7.66. The second-order valence-corrected chi connectivity index (χ2v) is 14.8. The van der Waals surface area contributed by atoms with E-state index in [4.69, 9.17) is 0 Å². The summed E-state index contributed by atoms with van der Waals surface area (Å²) in [4.78, 5) is 0. The molecule has 290 valence electrons. The molecule has 51 heavy (non-hydrogen) atoms. The van der Waals surface area contributed by atoms with Gasteiger partial charge in [0.15, 0.2) is 0 Å². The molecule has 0 saturated heterocycles. The molecule has 0 aliphatic rings. The van der Waals surface area contributed by atoms with Gasteiger partial charge < -0.3 is 0 Å². The predicted octanol–water partition coefficient (Wildman–Crippen LogP) is 17.5. The van der Waals surface area contributed by atoms with Crippen molar-refractivity contribution in [1.29, 1.82) is 0 Å². The van der Waals surface area contributed by atoms with Crippen LogP contribution in [0.5, 0.6) is 0 Å². The minimum Gasteiger partial charge on any atom is -0.0885 e. The van der Waals surface area contributed by atoms with Gasteiger partial charge in [0.1, 0.15) is 0 Å². The first-order valence-corrected chi connectivity index (χ1v) is 22.4. The number of rotatable bonds is 33. The standard InChI is InChI=1S/C51H86/c1-8-15-22-27-29-30-31-34-36-42-48(41-35-33-28-23-16-9-2)50(45-38-32-24-17-10-3)51(46-39-20-13-6,47-40-26-19-12-5)49(43-21-14-7)44-37-25-18-11-4/h21,31,34-35,38-41,43,45-47,49H,8-20,22-30,32-33,37,44H2,1-7H3. The topological polar surface area (TPSA) is 0 Å².